The van der Waals surface area contributed by atoms with Crippen LogP contribution in [0.2, 0.25) is 0 Å². The lowest BCUT2D eigenvalue weighted by Gasteiger charge is -2.40. The topological polar surface area (TPSA) is 49.2 Å². The summed E-state index contributed by atoms with van der Waals surface area (Å²) >= 11 is 1.71. The van der Waals surface area contributed by atoms with Gasteiger partial charge in [0.1, 0.15) is 12.1 Å². The van der Waals surface area contributed by atoms with Crippen LogP contribution < -0.4 is 4.90 Å². The summed E-state index contributed by atoms with van der Waals surface area (Å²) in [5, 5.41) is 13.0. The molecular formula is C16H21N3OS. The maximum absolute atomic E-state index is 10.9. The Morgan fingerprint density at radius 1 is 1.43 bits per heavy atom. The minimum absolute atomic E-state index is 0.390. The van der Waals surface area contributed by atoms with Gasteiger partial charge in [0.15, 0.2) is 0 Å². The first-order valence-electron chi connectivity index (χ1n) is 7.87. The van der Waals surface area contributed by atoms with E-state index in [4.69, 9.17) is 0 Å². The highest BCUT2D eigenvalue weighted by molar-refractivity contribution is 7.17. The number of rotatable bonds is 2. The monoisotopic (exact) mass is 303 g/mol. The van der Waals surface area contributed by atoms with E-state index in [1.165, 1.54) is 11.1 Å². The molecule has 4 nitrogen and oxygen atoms in total. The molecule has 1 aliphatic heterocycles. The lowest BCUT2D eigenvalue weighted by atomic mass is 9.69. The minimum atomic E-state index is -0.473. The Morgan fingerprint density at radius 2 is 2.33 bits per heavy atom. The number of thiophene rings is 1. The van der Waals surface area contributed by atoms with Gasteiger partial charge in [-0.25, -0.2) is 9.97 Å². The Morgan fingerprint density at radius 3 is 3.19 bits per heavy atom. The number of nitrogens with zero attached hydrogens (tertiary/aromatic N) is 3. The van der Waals surface area contributed by atoms with Crippen LogP contribution in [0.15, 0.2) is 17.8 Å². The standard InChI is InChI=1S/C16H21N3OS/c1-2-16(20)6-3-4-11-8-19(9-12(11)16)15-14-13(5-7-21-14)17-10-18-15/h5,7,10-12,20H,2-4,6,8-9H2,1H3/t11-,12+,16-/m0/s1. The van der Waals surface area contributed by atoms with Crippen molar-refractivity contribution in [3.63, 3.8) is 0 Å². The van der Waals surface area contributed by atoms with Gasteiger partial charge < -0.3 is 10.0 Å². The predicted octanol–water partition coefficient (Wildman–Crippen LogP) is 3.07. The van der Waals surface area contributed by atoms with E-state index in [1.807, 2.05) is 0 Å². The van der Waals surface area contributed by atoms with Crippen molar-refractivity contribution in [1.82, 2.24) is 9.97 Å². The van der Waals surface area contributed by atoms with E-state index in [1.54, 1.807) is 17.7 Å². The third-order valence-electron chi connectivity index (χ3n) is 5.45. The van der Waals surface area contributed by atoms with Crippen LogP contribution in [-0.2, 0) is 0 Å². The second-order valence-electron chi connectivity index (χ2n) is 6.45. The van der Waals surface area contributed by atoms with Crippen LogP contribution in [0.25, 0.3) is 10.2 Å². The molecule has 4 rings (SSSR count). The van der Waals surface area contributed by atoms with Crippen LogP contribution in [0.5, 0.6) is 0 Å². The molecule has 2 aromatic rings. The zero-order valence-corrected chi connectivity index (χ0v) is 13.1. The van der Waals surface area contributed by atoms with Gasteiger partial charge in [0.25, 0.3) is 0 Å². The Kier molecular flexibility index (Phi) is 3.15. The van der Waals surface area contributed by atoms with Crippen LogP contribution in [0, 0.1) is 11.8 Å². The van der Waals surface area contributed by atoms with Gasteiger partial charge in [-0.2, -0.15) is 0 Å². The van der Waals surface area contributed by atoms with Crippen molar-refractivity contribution in [3.8, 4) is 0 Å². The maximum Gasteiger partial charge on any atom is 0.150 e. The van der Waals surface area contributed by atoms with Crippen molar-refractivity contribution in [2.45, 2.75) is 38.2 Å². The molecule has 2 aliphatic rings. The summed E-state index contributed by atoms with van der Waals surface area (Å²) in [5.41, 5.74) is 0.560. The smallest absolute Gasteiger partial charge is 0.150 e. The molecular weight excluding hydrogens is 282 g/mol. The average molecular weight is 303 g/mol. The molecule has 1 N–H and O–H groups in total. The van der Waals surface area contributed by atoms with Gasteiger partial charge in [-0.3, -0.25) is 0 Å². The summed E-state index contributed by atoms with van der Waals surface area (Å²) in [4.78, 5) is 11.2. The van der Waals surface area contributed by atoms with E-state index >= 15 is 0 Å². The second kappa shape index (κ2) is 4.92. The lowest BCUT2D eigenvalue weighted by molar-refractivity contribution is -0.0597. The summed E-state index contributed by atoms with van der Waals surface area (Å²) in [7, 11) is 0. The normalized spacial score (nSPS) is 32.6. The van der Waals surface area contributed by atoms with Gasteiger partial charge in [-0.05, 0) is 36.6 Å². The summed E-state index contributed by atoms with van der Waals surface area (Å²) in [6.45, 7) is 4.07. The van der Waals surface area contributed by atoms with Gasteiger partial charge in [0.2, 0.25) is 0 Å². The first-order valence-corrected chi connectivity index (χ1v) is 8.75. The van der Waals surface area contributed by atoms with E-state index in [9.17, 15) is 5.11 Å². The molecule has 1 aliphatic carbocycles. The fraction of sp³-hybridized carbons (Fsp3) is 0.625. The molecule has 0 radical (unpaired) electrons. The van der Waals surface area contributed by atoms with Gasteiger partial charge in [0, 0.05) is 19.0 Å². The van der Waals surface area contributed by atoms with Crippen molar-refractivity contribution >= 4 is 27.4 Å². The van der Waals surface area contributed by atoms with E-state index < -0.39 is 5.60 Å². The molecule has 3 heterocycles. The van der Waals surface area contributed by atoms with E-state index in [2.05, 4.69) is 33.2 Å². The van der Waals surface area contributed by atoms with Crippen LogP contribution in [0.1, 0.15) is 32.6 Å². The van der Waals surface area contributed by atoms with Crippen molar-refractivity contribution in [2.24, 2.45) is 11.8 Å². The van der Waals surface area contributed by atoms with Crippen LogP contribution in [0.3, 0.4) is 0 Å². The number of hydrogen-bond acceptors (Lipinski definition) is 5. The van der Waals surface area contributed by atoms with Crippen molar-refractivity contribution < 1.29 is 5.11 Å². The molecule has 21 heavy (non-hydrogen) atoms. The highest BCUT2D eigenvalue weighted by atomic mass is 32.1. The summed E-state index contributed by atoms with van der Waals surface area (Å²) < 4.78 is 1.18. The molecule has 3 atom stereocenters. The molecule has 0 aromatic carbocycles. The van der Waals surface area contributed by atoms with Crippen molar-refractivity contribution in [2.75, 3.05) is 18.0 Å². The largest absolute Gasteiger partial charge is 0.390 e. The predicted molar refractivity (Wildman–Crippen MR) is 85.7 cm³/mol. The average Bonchev–Trinajstić information content (AvgIpc) is 3.14. The minimum Gasteiger partial charge on any atom is -0.390 e. The quantitative estimate of drug-likeness (QED) is 0.926. The zero-order chi connectivity index (χ0) is 14.4. The van der Waals surface area contributed by atoms with Crippen molar-refractivity contribution in [1.29, 1.82) is 0 Å². The van der Waals surface area contributed by atoms with Gasteiger partial charge in [0.05, 0.1) is 15.8 Å². The number of aliphatic hydroxyl groups is 1. The SMILES string of the molecule is CC[C@]1(O)CCC[C@H]2CN(c3ncnc4ccsc34)C[C@H]21. The summed E-state index contributed by atoms with van der Waals surface area (Å²) in [6.07, 6.45) is 5.87. The summed E-state index contributed by atoms with van der Waals surface area (Å²) in [5.74, 6) is 2.05. The third kappa shape index (κ3) is 2.06. The molecule has 1 saturated heterocycles. The first-order chi connectivity index (χ1) is 10.2. The fourth-order valence-electron chi connectivity index (χ4n) is 4.24. The Labute approximate surface area is 128 Å². The van der Waals surface area contributed by atoms with Gasteiger partial charge in [-0.1, -0.05) is 13.3 Å². The molecule has 0 bridgehead atoms. The zero-order valence-electron chi connectivity index (χ0n) is 12.3. The highest BCUT2D eigenvalue weighted by Gasteiger charge is 2.48. The molecule has 0 spiro atoms. The number of anilines is 1. The fourth-order valence-corrected chi connectivity index (χ4v) is 5.10. The Hall–Kier alpha value is -1.20. The molecule has 2 aromatic heterocycles. The maximum atomic E-state index is 10.9. The second-order valence-corrected chi connectivity index (χ2v) is 7.37. The molecule has 112 valence electrons. The number of aromatic nitrogens is 2. The number of fused-ring (bicyclic) bond motifs is 2. The van der Waals surface area contributed by atoms with Gasteiger partial charge >= 0.3 is 0 Å². The van der Waals surface area contributed by atoms with Crippen LogP contribution in [0.4, 0.5) is 5.82 Å². The van der Waals surface area contributed by atoms with Crippen molar-refractivity contribution in [3.05, 3.63) is 17.8 Å². The number of hydrogen-bond donors (Lipinski definition) is 1. The Balaban J connectivity index is 1.68. The molecule has 5 heteroatoms. The van der Waals surface area contributed by atoms with E-state index in [0.29, 0.717) is 11.8 Å². The summed E-state index contributed by atoms with van der Waals surface area (Å²) in [6, 6.07) is 2.05. The highest BCUT2D eigenvalue weighted by Crippen LogP contribution is 2.45. The first kappa shape index (κ1) is 13.5. The molecule has 1 saturated carbocycles. The molecule has 0 amide bonds. The van der Waals surface area contributed by atoms with E-state index in [0.717, 1.165) is 43.7 Å². The Bertz CT molecular complexity index is 658. The van der Waals surface area contributed by atoms with E-state index in [-0.39, 0.29) is 0 Å². The van der Waals surface area contributed by atoms with Gasteiger partial charge in [-0.15, -0.1) is 11.3 Å². The molecule has 0 unspecified atom stereocenters. The lowest BCUT2D eigenvalue weighted by Crippen LogP contribution is -2.44. The molecule has 2 fully saturated rings. The van der Waals surface area contributed by atoms with Crippen LogP contribution >= 0.6 is 11.3 Å². The van der Waals surface area contributed by atoms with Crippen LogP contribution in [-0.4, -0.2) is 33.8 Å². The third-order valence-corrected chi connectivity index (χ3v) is 6.35.